The number of nitrogens with zero attached hydrogens (tertiary/aromatic N) is 2. The van der Waals surface area contributed by atoms with Crippen molar-refractivity contribution in [1.82, 2.24) is 14.9 Å². The van der Waals surface area contributed by atoms with Crippen LogP contribution in [0.15, 0.2) is 59.5 Å². The average Bonchev–Trinajstić information content (AvgIpc) is 3.31. The van der Waals surface area contributed by atoms with Gasteiger partial charge < -0.3 is 19.6 Å². The SMILES string of the molecule is Cn1ccnc1C(=O)c1ccc(NC(=O)C(=O)NCc2ccco2)cc1. The quantitative estimate of drug-likeness (QED) is 0.535. The van der Waals surface area contributed by atoms with Crippen LogP contribution in [0.5, 0.6) is 0 Å². The van der Waals surface area contributed by atoms with Crippen molar-refractivity contribution in [2.45, 2.75) is 6.54 Å². The molecule has 0 spiro atoms. The first-order valence-electron chi connectivity index (χ1n) is 7.78. The minimum atomic E-state index is -0.806. The second-order valence-electron chi connectivity index (χ2n) is 5.48. The van der Waals surface area contributed by atoms with E-state index in [0.29, 0.717) is 22.8 Å². The second-order valence-corrected chi connectivity index (χ2v) is 5.48. The predicted octanol–water partition coefficient (Wildman–Crippen LogP) is 1.50. The highest BCUT2D eigenvalue weighted by Gasteiger charge is 2.16. The zero-order valence-electron chi connectivity index (χ0n) is 13.9. The van der Waals surface area contributed by atoms with Gasteiger partial charge in [0.1, 0.15) is 5.76 Å². The Hall–Kier alpha value is -3.68. The van der Waals surface area contributed by atoms with Crippen molar-refractivity contribution >= 4 is 23.3 Å². The van der Waals surface area contributed by atoms with Crippen LogP contribution >= 0.6 is 0 Å². The molecule has 2 heterocycles. The second kappa shape index (κ2) is 7.47. The Balaban J connectivity index is 1.58. The molecule has 3 aromatic rings. The highest BCUT2D eigenvalue weighted by Crippen LogP contribution is 2.13. The largest absolute Gasteiger partial charge is 0.467 e. The summed E-state index contributed by atoms with van der Waals surface area (Å²) in [5.74, 6) is -0.955. The number of aromatic nitrogens is 2. The van der Waals surface area contributed by atoms with Gasteiger partial charge in [0.25, 0.3) is 0 Å². The van der Waals surface area contributed by atoms with Gasteiger partial charge in [0.2, 0.25) is 5.78 Å². The number of hydrogen-bond donors (Lipinski definition) is 2. The molecule has 2 aromatic heterocycles. The Morgan fingerprint density at radius 3 is 2.50 bits per heavy atom. The van der Waals surface area contributed by atoms with E-state index in [0.717, 1.165) is 0 Å². The summed E-state index contributed by atoms with van der Waals surface area (Å²) >= 11 is 0. The smallest absolute Gasteiger partial charge is 0.313 e. The molecule has 0 aliphatic heterocycles. The summed E-state index contributed by atoms with van der Waals surface area (Å²) in [6.07, 6.45) is 4.71. The number of amides is 2. The molecule has 2 N–H and O–H groups in total. The van der Waals surface area contributed by atoms with Crippen LogP contribution in [0.3, 0.4) is 0 Å². The van der Waals surface area contributed by atoms with Gasteiger partial charge in [0.15, 0.2) is 5.82 Å². The topological polar surface area (TPSA) is 106 Å². The molecule has 26 heavy (non-hydrogen) atoms. The monoisotopic (exact) mass is 352 g/mol. The molecule has 0 saturated carbocycles. The normalized spacial score (nSPS) is 10.3. The molecule has 0 aliphatic carbocycles. The molecule has 0 atom stereocenters. The lowest BCUT2D eigenvalue weighted by Crippen LogP contribution is -2.34. The number of carbonyl (C=O) groups excluding carboxylic acids is 3. The third-order valence-electron chi connectivity index (χ3n) is 3.64. The van der Waals surface area contributed by atoms with E-state index in [1.54, 1.807) is 60.4 Å². The molecular formula is C18H16N4O4. The summed E-state index contributed by atoms with van der Waals surface area (Å²) in [5, 5.41) is 4.92. The molecule has 132 valence electrons. The first-order valence-corrected chi connectivity index (χ1v) is 7.78. The van der Waals surface area contributed by atoms with Crippen LogP contribution in [0.4, 0.5) is 5.69 Å². The Morgan fingerprint density at radius 1 is 1.12 bits per heavy atom. The molecular weight excluding hydrogens is 336 g/mol. The lowest BCUT2D eigenvalue weighted by Gasteiger charge is -2.07. The van der Waals surface area contributed by atoms with Crippen molar-refractivity contribution in [1.29, 1.82) is 0 Å². The Labute approximate surface area is 148 Å². The van der Waals surface area contributed by atoms with Crippen LogP contribution in [0.1, 0.15) is 21.9 Å². The van der Waals surface area contributed by atoms with Crippen molar-refractivity contribution in [3.8, 4) is 0 Å². The summed E-state index contributed by atoms with van der Waals surface area (Å²) < 4.78 is 6.70. The highest BCUT2D eigenvalue weighted by molar-refractivity contribution is 6.39. The highest BCUT2D eigenvalue weighted by atomic mass is 16.3. The molecule has 8 heteroatoms. The number of anilines is 1. The molecule has 1 aromatic carbocycles. The van der Waals surface area contributed by atoms with Crippen molar-refractivity contribution in [2.24, 2.45) is 7.05 Å². The predicted molar refractivity (Wildman–Crippen MR) is 92.3 cm³/mol. The fraction of sp³-hybridized carbons (Fsp3) is 0.111. The van der Waals surface area contributed by atoms with Gasteiger partial charge in [-0.3, -0.25) is 14.4 Å². The van der Waals surface area contributed by atoms with E-state index >= 15 is 0 Å². The molecule has 0 radical (unpaired) electrons. The van der Waals surface area contributed by atoms with E-state index in [4.69, 9.17) is 4.42 Å². The maximum absolute atomic E-state index is 12.3. The van der Waals surface area contributed by atoms with Crippen LogP contribution in [0, 0.1) is 0 Å². The van der Waals surface area contributed by atoms with E-state index in [2.05, 4.69) is 15.6 Å². The van der Waals surface area contributed by atoms with Crippen LogP contribution in [0.2, 0.25) is 0 Å². The first kappa shape index (κ1) is 17.2. The number of ketones is 1. The van der Waals surface area contributed by atoms with Crippen LogP contribution in [0.25, 0.3) is 0 Å². The number of benzene rings is 1. The maximum atomic E-state index is 12.3. The molecule has 0 bridgehead atoms. The Morgan fingerprint density at radius 2 is 1.88 bits per heavy atom. The lowest BCUT2D eigenvalue weighted by atomic mass is 10.1. The molecule has 8 nitrogen and oxygen atoms in total. The minimum Gasteiger partial charge on any atom is -0.467 e. The zero-order valence-corrected chi connectivity index (χ0v) is 13.9. The molecule has 2 amide bonds. The standard InChI is InChI=1S/C18H16N4O4/c1-22-9-8-19-16(22)15(23)12-4-6-13(7-5-12)21-18(25)17(24)20-11-14-3-2-10-26-14/h2-10H,11H2,1H3,(H,20,24)(H,21,25). The van der Waals surface area contributed by atoms with Crippen molar-refractivity contribution < 1.29 is 18.8 Å². The number of rotatable bonds is 5. The van der Waals surface area contributed by atoms with Gasteiger partial charge in [-0.05, 0) is 36.4 Å². The van der Waals surface area contributed by atoms with Gasteiger partial charge in [-0.1, -0.05) is 0 Å². The zero-order chi connectivity index (χ0) is 18.5. The maximum Gasteiger partial charge on any atom is 0.313 e. The van der Waals surface area contributed by atoms with Gasteiger partial charge in [0, 0.05) is 30.7 Å². The number of aryl methyl sites for hydroxylation is 1. The van der Waals surface area contributed by atoms with Crippen LogP contribution in [-0.2, 0) is 23.2 Å². The lowest BCUT2D eigenvalue weighted by molar-refractivity contribution is -0.136. The summed E-state index contributed by atoms with van der Waals surface area (Å²) in [6.45, 7) is 0.121. The van der Waals surface area contributed by atoms with E-state index in [-0.39, 0.29) is 12.3 Å². The van der Waals surface area contributed by atoms with Crippen molar-refractivity contribution in [3.05, 3.63) is 72.2 Å². The number of hydrogen-bond acceptors (Lipinski definition) is 5. The van der Waals surface area contributed by atoms with Crippen LogP contribution < -0.4 is 10.6 Å². The Kier molecular flexibility index (Phi) is 4.93. The molecule has 3 rings (SSSR count). The van der Waals surface area contributed by atoms with Gasteiger partial charge in [-0.15, -0.1) is 0 Å². The van der Waals surface area contributed by atoms with Gasteiger partial charge >= 0.3 is 11.8 Å². The Bertz CT molecular complexity index is 927. The number of carbonyl (C=O) groups is 3. The van der Waals surface area contributed by atoms with Crippen LogP contribution in [-0.4, -0.2) is 27.1 Å². The number of nitrogens with one attached hydrogen (secondary N) is 2. The van der Waals surface area contributed by atoms with E-state index in [9.17, 15) is 14.4 Å². The third-order valence-corrected chi connectivity index (χ3v) is 3.64. The summed E-state index contributed by atoms with van der Waals surface area (Å²) in [7, 11) is 1.73. The van der Waals surface area contributed by atoms with Crippen molar-refractivity contribution in [2.75, 3.05) is 5.32 Å². The van der Waals surface area contributed by atoms with Gasteiger partial charge in [-0.2, -0.15) is 0 Å². The summed E-state index contributed by atoms with van der Waals surface area (Å²) in [4.78, 5) is 40.0. The molecule has 0 saturated heterocycles. The first-order chi connectivity index (χ1) is 12.5. The number of furan rings is 1. The average molecular weight is 352 g/mol. The fourth-order valence-corrected chi connectivity index (χ4v) is 2.27. The van der Waals surface area contributed by atoms with E-state index in [1.165, 1.54) is 6.26 Å². The third kappa shape index (κ3) is 3.86. The van der Waals surface area contributed by atoms with Gasteiger partial charge in [-0.25, -0.2) is 4.98 Å². The van der Waals surface area contributed by atoms with E-state index < -0.39 is 11.8 Å². The minimum absolute atomic E-state index is 0.121. The number of imidazole rings is 1. The molecule has 0 fully saturated rings. The molecule has 0 unspecified atom stereocenters. The van der Waals surface area contributed by atoms with E-state index in [1.807, 2.05) is 0 Å². The summed E-state index contributed by atoms with van der Waals surface area (Å²) in [6, 6.07) is 9.60. The van der Waals surface area contributed by atoms with Gasteiger partial charge in [0.05, 0.1) is 12.8 Å². The molecule has 0 aliphatic rings. The summed E-state index contributed by atoms with van der Waals surface area (Å²) in [5.41, 5.74) is 0.833. The fourth-order valence-electron chi connectivity index (χ4n) is 2.27. The van der Waals surface area contributed by atoms with Crippen molar-refractivity contribution in [3.63, 3.8) is 0 Å².